The molecule has 4 aliphatic rings. The summed E-state index contributed by atoms with van der Waals surface area (Å²) >= 11 is 0. The fraction of sp³-hybridized carbons (Fsp3) is 0.950. The van der Waals surface area contributed by atoms with E-state index in [0.29, 0.717) is 24.2 Å². The summed E-state index contributed by atoms with van der Waals surface area (Å²) in [6, 6.07) is 0. The Labute approximate surface area is 144 Å². The van der Waals surface area contributed by atoms with Crippen LogP contribution in [-0.2, 0) is 4.79 Å². The number of aliphatic hydroxyl groups is 3. The third-order valence-electron chi connectivity index (χ3n) is 9.24. The second kappa shape index (κ2) is 5.05. The van der Waals surface area contributed by atoms with Crippen LogP contribution in [0.2, 0.25) is 0 Å². The molecule has 0 radical (unpaired) electrons. The van der Waals surface area contributed by atoms with Crippen molar-refractivity contribution in [1.29, 1.82) is 0 Å². The average molecular weight is 336 g/mol. The Morgan fingerprint density at radius 2 is 1.62 bits per heavy atom. The van der Waals surface area contributed by atoms with E-state index in [4.69, 9.17) is 0 Å². The van der Waals surface area contributed by atoms with Crippen molar-refractivity contribution >= 4 is 5.78 Å². The first kappa shape index (κ1) is 17.0. The number of ketones is 1. The van der Waals surface area contributed by atoms with Gasteiger partial charge in [-0.15, -0.1) is 0 Å². The highest BCUT2D eigenvalue weighted by atomic mass is 16.3. The van der Waals surface area contributed by atoms with Gasteiger partial charge in [0.2, 0.25) is 0 Å². The zero-order valence-corrected chi connectivity index (χ0v) is 15.2. The summed E-state index contributed by atoms with van der Waals surface area (Å²) in [5.41, 5.74) is -1.00. The van der Waals surface area contributed by atoms with E-state index < -0.39 is 17.8 Å². The van der Waals surface area contributed by atoms with E-state index in [2.05, 4.69) is 13.8 Å². The zero-order valence-electron chi connectivity index (χ0n) is 15.2. The molecule has 3 N–H and O–H groups in total. The van der Waals surface area contributed by atoms with Gasteiger partial charge in [0.05, 0.1) is 11.7 Å². The quantitative estimate of drug-likeness (QED) is 0.634. The fourth-order valence-electron chi connectivity index (χ4n) is 7.38. The number of fused-ring (bicyclic) bond motifs is 5. The molecule has 0 aromatic carbocycles. The van der Waals surface area contributed by atoms with Crippen molar-refractivity contribution in [3.05, 3.63) is 0 Å². The lowest BCUT2D eigenvalue weighted by molar-refractivity contribution is -0.203. The van der Waals surface area contributed by atoms with Gasteiger partial charge in [0.25, 0.3) is 0 Å². The molecule has 0 amide bonds. The van der Waals surface area contributed by atoms with Crippen molar-refractivity contribution < 1.29 is 20.1 Å². The molecule has 4 saturated carbocycles. The minimum Gasteiger partial charge on any atom is -0.390 e. The van der Waals surface area contributed by atoms with E-state index >= 15 is 0 Å². The van der Waals surface area contributed by atoms with Gasteiger partial charge >= 0.3 is 0 Å². The second-order valence-corrected chi connectivity index (χ2v) is 9.85. The van der Waals surface area contributed by atoms with Gasteiger partial charge < -0.3 is 15.3 Å². The predicted octanol–water partition coefficient (Wildman–Crippen LogP) is 2.29. The number of hydrogen-bond donors (Lipinski definition) is 3. The van der Waals surface area contributed by atoms with Gasteiger partial charge in [-0.1, -0.05) is 13.8 Å². The smallest absolute Gasteiger partial charge is 0.164 e. The van der Waals surface area contributed by atoms with Crippen LogP contribution in [0, 0.1) is 34.5 Å². The molecule has 4 nitrogen and oxygen atoms in total. The van der Waals surface area contributed by atoms with Crippen LogP contribution in [0.3, 0.4) is 0 Å². The van der Waals surface area contributed by atoms with Crippen molar-refractivity contribution in [1.82, 2.24) is 0 Å². The highest BCUT2D eigenvalue weighted by Gasteiger charge is 2.65. The lowest BCUT2D eigenvalue weighted by atomic mass is 9.43. The van der Waals surface area contributed by atoms with E-state index in [1.807, 2.05) is 6.92 Å². The molecule has 4 fully saturated rings. The van der Waals surface area contributed by atoms with Crippen LogP contribution in [0.25, 0.3) is 0 Å². The third kappa shape index (κ3) is 1.88. The summed E-state index contributed by atoms with van der Waals surface area (Å²) in [7, 11) is 0. The van der Waals surface area contributed by atoms with Crippen LogP contribution in [0.1, 0.15) is 65.7 Å². The Morgan fingerprint density at radius 3 is 2.33 bits per heavy atom. The summed E-state index contributed by atoms with van der Waals surface area (Å²) in [5, 5.41) is 32.0. The Bertz CT molecular complexity index is 554. The number of carbonyl (C=O) groups is 1. The fourth-order valence-corrected chi connectivity index (χ4v) is 7.38. The SMILES string of the molecule is C[C@@]12C3CC[C@@]4(C)C(CC[C@]4(C)O)C3CC[C@H]1CC(=O)[C@H](O)[C@@H]2O. The molecule has 4 rings (SSSR count). The molecule has 0 spiro atoms. The maximum Gasteiger partial charge on any atom is 0.164 e. The van der Waals surface area contributed by atoms with Crippen LogP contribution in [0.15, 0.2) is 0 Å². The van der Waals surface area contributed by atoms with E-state index in [9.17, 15) is 20.1 Å². The first-order valence-electron chi connectivity index (χ1n) is 9.74. The molecule has 0 aromatic rings. The molecule has 0 heterocycles. The number of aliphatic hydroxyl groups excluding tert-OH is 2. The van der Waals surface area contributed by atoms with Gasteiger partial charge in [-0.25, -0.2) is 0 Å². The molecule has 136 valence electrons. The molecule has 0 saturated heterocycles. The van der Waals surface area contributed by atoms with Crippen LogP contribution in [0.4, 0.5) is 0 Å². The Morgan fingerprint density at radius 1 is 0.958 bits per heavy atom. The monoisotopic (exact) mass is 336 g/mol. The third-order valence-corrected chi connectivity index (χ3v) is 9.24. The van der Waals surface area contributed by atoms with Gasteiger partial charge in [-0.3, -0.25) is 4.79 Å². The Hall–Kier alpha value is -0.450. The number of Topliss-reactive ketones (excluding diaryl/α,β-unsaturated/α-hetero) is 1. The first-order chi connectivity index (χ1) is 11.1. The maximum absolute atomic E-state index is 12.0. The Kier molecular flexibility index (Phi) is 3.57. The molecule has 0 aromatic heterocycles. The summed E-state index contributed by atoms with van der Waals surface area (Å²) < 4.78 is 0. The average Bonchev–Trinajstić information content (AvgIpc) is 2.77. The van der Waals surface area contributed by atoms with E-state index in [1.165, 1.54) is 0 Å². The number of hydrogen-bond acceptors (Lipinski definition) is 4. The van der Waals surface area contributed by atoms with Gasteiger partial charge in [-0.05, 0) is 74.5 Å². The molecule has 9 atom stereocenters. The maximum atomic E-state index is 12.0. The molecule has 0 aliphatic heterocycles. The lowest BCUT2D eigenvalue weighted by Gasteiger charge is -2.62. The molecule has 24 heavy (non-hydrogen) atoms. The van der Waals surface area contributed by atoms with Crippen molar-refractivity contribution in [2.45, 2.75) is 83.5 Å². The predicted molar refractivity (Wildman–Crippen MR) is 90.1 cm³/mol. The lowest BCUT2D eigenvalue weighted by Crippen LogP contribution is -2.63. The van der Waals surface area contributed by atoms with E-state index in [0.717, 1.165) is 38.5 Å². The molecule has 4 aliphatic carbocycles. The number of carbonyl (C=O) groups excluding carboxylic acids is 1. The van der Waals surface area contributed by atoms with Gasteiger partial charge in [0.15, 0.2) is 5.78 Å². The highest BCUT2D eigenvalue weighted by Crippen LogP contribution is 2.67. The molecular weight excluding hydrogens is 304 g/mol. The summed E-state index contributed by atoms with van der Waals surface area (Å²) in [6.07, 6.45) is 4.19. The second-order valence-electron chi connectivity index (χ2n) is 9.85. The minimum atomic E-state index is -1.22. The van der Waals surface area contributed by atoms with E-state index in [1.54, 1.807) is 0 Å². The van der Waals surface area contributed by atoms with Crippen LogP contribution in [0.5, 0.6) is 0 Å². The van der Waals surface area contributed by atoms with Crippen LogP contribution in [-0.4, -0.2) is 38.9 Å². The molecule has 4 heteroatoms. The van der Waals surface area contributed by atoms with Crippen molar-refractivity contribution in [3.63, 3.8) is 0 Å². The molecule has 0 bridgehead atoms. The zero-order chi connectivity index (χ0) is 17.5. The normalized spacial score (nSPS) is 60.3. The largest absolute Gasteiger partial charge is 0.390 e. The van der Waals surface area contributed by atoms with Crippen molar-refractivity contribution in [3.8, 4) is 0 Å². The topological polar surface area (TPSA) is 77.8 Å². The van der Waals surface area contributed by atoms with Gasteiger partial charge in [-0.2, -0.15) is 0 Å². The standard InChI is InChI=1S/C20H32O4/c1-18-8-6-14-12(13(18)7-9-19(18,2)24)5-4-11-10-15(21)16(22)17(23)20(11,14)3/h11-14,16-17,22-24H,4-10H2,1-3H3/t11-,12?,13?,14?,16-,17-,18-,19-,20-/m0/s1. The van der Waals surface area contributed by atoms with Crippen LogP contribution < -0.4 is 0 Å². The minimum absolute atomic E-state index is 0.0363. The molecular formula is C20H32O4. The van der Waals surface area contributed by atoms with Crippen molar-refractivity contribution in [2.24, 2.45) is 34.5 Å². The van der Waals surface area contributed by atoms with E-state index in [-0.39, 0.29) is 22.5 Å². The number of rotatable bonds is 0. The summed E-state index contributed by atoms with van der Waals surface area (Å²) in [5.74, 6) is 1.34. The van der Waals surface area contributed by atoms with Crippen LogP contribution >= 0.6 is 0 Å². The first-order valence-corrected chi connectivity index (χ1v) is 9.74. The summed E-state index contributed by atoms with van der Waals surface area (Å²) in [4.78, 5) is 12.0. The van der Waals surface area contributed by atoms with Gasteiger partial charge in [0, 0.05) is 11.8 Å². The Balaban J connectivity index is 1.69. The summed E-state index contributed by atoms with van der Waals surface area (Å²) in [6.45, 7) is 6.37. The van der Waals surface area contributed by atoms with Crippen molar-refractivity contribution in [2.75, 3.05) is 0 Å². The highest BCUT2D eigenvalue weighted by molar-refractivity contribution is 5.85. The van der Waals surface area contributed by atoms with Gasteiger partial charge in [0.1, 0.15) is 6.10 Å². The molecule has 3 unspecified atom stereocenters.